The Balaban J connectivity index is 1.60. The van der Waals surface area contributed by atoms with E-state index in [9.17, 15) is 16.8 Å². The van der Waals surface area contributed by atoms with Crippen molar-refractivity contribution in [1.29, 1.82) is 0 Å². The van der Waals surface area contributed by atoms with Gasteiger partial charge in [0.05, 0.1) is 9.79 Å². The molecule has 0 fully saturated rings. The van der Waals surface area contributed by atoms with Crippen molar-refractivity contribution in [2.45, 2.75) is 43.5 Å². The lowest BCUT2D eigenvalue weighted by molar-refractivity contribution is 0.391. The van der Waals surface area contributed by atoms with Crippen molar-refractivity contribution < 1.29 is 16.8 Å². The Labute approximate surface area is 190 Å². The number of benzene rings is 3. The molecule has 0 radical (unpaired) electrons. The highest BCUT2D eigenvalue weighted by Gasteiger charge is 2.28. The Kier molecular flexibility index (Phi) is 5.87. The normalized spacial score (nSPS) is 14.7. The van der Waals surface area contributed by atoms with Gasteiger partial charge < -0.3 is 0 Å². The van der Waals surface area contributed by atoms with Gasteiger partial charge in [0.15, 0.2) is 0 Å². The van der Waals surface area contributed by atoms with Crippen molar-refractivity contribution in [2.24, 2.45) is 0 Å². The summed E-state index contributed by atoms with van der Waals surface area (Å²) < 4.78 is 56.2. The quantitative estimate of drug-likeness (QED) is 0.607. The Bertz CT molecular complexity index is 1380. The van der Waals surface area contributed by atoms with E-state index in [4.69, 9.17) is 0 Å². The molecule has 0 unspecified atom stereocenters. The molecular weight excluding hydrogens is 444 g/mol. The van der Waals surface area contributed by atoms with Crippen LogP contribution in [0, 0.1) is 20.8 Å². The maximum atomic E-state index is 13.1. The van der Waals surface area contributed by atoms with Crippen molar-refractivity contribution in [2.75, 3.05) is 11.3 Å². The van der Waals surface area contributed by atoms with Crippen LogP contribution in [0.5, 0.6) is 0 Å². The van der Waals surface area contributed by atoms with Crippen LogP contribution in [-0.2, 0) is 33.0 Å². The van der Waals surface area contributed by atoms with Crippen LogP contribution in [0.2, 0.25) is 0 Å². The van der Waals surface area contributed by atoms with Gasteiger partial charge in [-0.3, -0.25) is 4.72 Å². The van der Waals surface area contributed by atoms with E-state index >= 15 is 0 Å². The maximum absolute atomic E-state index is 13.1. The minimum absolute atomic E-state index is 0.199. The SMILES string of the molecule is Cc1ccc(S(=O)(=O)N2CCc3ccc(NS(=O)(=O)c4cc(C)ccc4C)cc3C2)cc1. The summed E-state index contributed by atoms with van der Waals surface area (Å²) in [7, 11) is -7.39. The number of nitrogens with zero attached hydrogens (tertiary/aromatic N) is 1. The first kappa shape index (κ1) is 22.5. The molecule has 0 bridgehead atoms. The first-order chi connectivity index (χ1) is 15.1. The fourth-order valence-corrected chi connectivity index (χ4v) is 6.67. The summed E-state index contributed by atoms with van der Waals surface area (Å²) in [6, 6.07) is 17.4. The lowest BCUT2D eigenvalue weighted by Crippen LogP contribution is -2.36. The lowest BCUT2D eigenvalue weighted by atomic mass is 10.0. The second-order valence-electron chi connectivity index (χ2n) is 8.26. The van der Waals surface area contributed by atoms with Gasteiger partial charge >= 0.3 is 0 Å². The second-order valence-corrected chi connectivity index (χ2v) is 11.8. The van der Waals surface area contributed by atoms with Gasteiger partial charge in [0.2, 0.25) is 10.0 Å². The fourth-order valence-electron chi connectivity index (χ4n) is 3.87. The summed E-state index contributed by atoms with van der Waals surface area (Å²) in [5.41, 5.74) is 4.76. The molecular formula is C24H26N2O4S2. The summed E-state index contributed by atoms with van der Waals surface area (Å²) in [6.45, 7) is 6.10. The summed E-state index contributed by atoms with van der Waals surface area (Å²) in [5, 5.41) is 0. The van der Waals surface area contributed by atoms with Gasteiger partial charge in [-0.2, -0.15) is 4.31 Å². The molecule has 0 saturated heterocycles. The number of fused-ring (bicyclic) bond motifs is 1. The molecule has 1 heterocycles. The van der Waals surface area contributed by atoms with E-state index in [-0.39, 0.29) is 16.3 Å². The molecule has 3 aromatic rings. The number of anilines is 1. The van der Waals surface area contributed by atoms with Crippen LogP contribution in [0.25, 0.3) is 0 Å². The third kappa shape index (κ3) is 4.44. The molecule has 0 aromatic heterocycles. The Morgan fingerprint density at radius 3 is 2.19 bits per heavy atom. The summed E-state index contributed by atoms with van der Waals surface area (Å²) >= 11 is 0. The standard InChI is InChI=1S/C24H26N2O4S2/c1-17-5-10-23(11-6-17)32(29,30)26-13-12-20-8-9-22(15-21(20)16-26)25-31(27,28)24-14-18(2)4-7-19(24)3/h4-11,14-15,25H,12-13,16H2,1-3H3. The van der Waals surface area contributed by atoms with Gasteiger partial charge in [-0.05, 0) is 79.8 Å². The molecule has 0 saturated carbocycles. The van der Waals surface area contributed by atoms with Crippen LogP contribution >= 0.6 is 0 Å². The zero-order valence-electron chi connectivity index (χ0n) is 18.3. The van der Waals surface area contributed by atoms with Crippen molar-refractivity contribution in [3.8, 4) is 0 Å². The average molecular weight is 471 g/mol. The highest BCUT2D eigenvalue weighted by Crippen LogP contribution is 2.28. The maximum Gasteiger partial charge on any atom is 0.262 e. The van der Waals surface area contributed by atoms with E-state index in [1.54, 1.807) is 55.5 Å². The summed E-state index contributed by atoms with van der Waals surface area (Å²) in [6.07, 6.45) is 0.574. The fraction of sp³-hybridized carbons (Fsp3) is 0.250. The van der Waals surface area contributed by atoms with Gasteiger partial charge in [0.25, 0.3) is 10.0 Å². The number of hydrogen-bond donors (Lipinski definition) is 1. The molecule has 32 heavy (non-hydrogen) atoms. The van der Waals surface area contributed by atoms with Crippen LogP contribution in [0.3, 0.4) is 0 Å². The van der Waals surface area contributed by atoms with Gasteiger partial charge in [-0.1, -0.05) is 35.9 Å². The smallest absolute Gasteiger partial charge is 0.262 e. The van der Waals surface area contributed by atoms with E-state index in [0.717, 1.165) is 22.3 Å². The van der Waals surface area contributed by atoms with Crippen LogP contribution in [0.15, 0.2) is 70.5 Å². The zero-order valence-corrected chi connectivity index (χ0v) is 19.9. The van der Waals surface area contributed by atoms with Crippen LogP contribution in [0.1, 0.15) is 27.8 Å². The highest BCUT2D eigenvalue weighted by molar-refractivity contribution is 7.92. The molecule has 3 aromatic carbocycles. The number of hydrogen-bond acceptors (Lipinski definition) is 4. The Morgan fingerprint density at radius 1 is 0.781 bits per heavy atom. The van der Waals surface area contributed by atoms with E-state index in [1.807, 2.05) is 26.0 Å². The second kappa shape index (κ2) is 8.35. The highest BCUT2D eigenvalue weighted by atomic mass is 32.2. The third-order valence-corrected chi connectivity index (χ3v) is 9.11. The third-order valence-electron chi connectivity index (χ3n) is 5.73. The largest absolute Gasteiger partial charge is 0.280 e. The van der Waals surface area contributed by atoms with Gasteiger partial charge in [-0.15, -0.1) is 0 Å². The molecule has 1 aliphatic heterocycles. The molecule has 168 valence electrons. The first-order valence-electron chi connectivity index (χ1n) is 10.3. The molecule has 0 atom stereocenters. The first-order valence-corrected chi connectivity index (χ1v) is 13.3. The minimum Gasteiger partial charge on any atom is -0.280 e. The van der Waals surface area contributed by atoms with Crippen LogP contribution in [-0.4, -0.2) is 27.7 Å². The lowest BCUT2D eigenvalue weighted by Gasteiger charge is -2.28. The van der Waals surface area contributed by atoms with Crippen LogP contribution < -0.4 is 4.72 Å². The topological polar surface area (TPSA) is 83.6 Å². The number of sulfonamides is 2. The molecule has 1 N–H and O–H groups in total. The molecule has 8 heteroatoms. The van der Waals surface area contributed by atoms with Crippen molar-refractivity contribution in [1.82, 2.24) is 4.31 Å². The van der Waals surface area contributed by atoms with Gasteiger partial charge in [0, 0.05) is 18.8 Å². The average Bonchev–Trinajstić information content (AvgIpc) is 2.75. The van der Waals surface area contributed by atoms with E-state index < -0.39 is 20.0 Å². The molecule has 0 aliphatic carbocycles. The molecule has 1 aliphatic rings. The number of nitrogens with one attached hydrogen (secondary N) is 1. The molecule has 4 rings (SSSR count). The van der Waals surface area contributed by atoms with E-state index in [1.165, 1.54) is 4.31 Å². The zero-order chi connectivity index (χ0) is 23.1. The van der Waals surface area contributed by atoms with Gasteiger partial charge in [0.1, 0.15) is 0 Å². The minimum atomic E-state index is -3.76. The molecule has 0 amide bonds. The van der Waals surface area contributed by atoms with Crippen molar-refractivity contribution in [3.63, 3.8) is 0 Å². The Morgan fingerprint density at radius 2 is 1.47 bits per heavy atom. The summed E-state index contributed by atoms with van der Waals surface area (Å²) in [4.78, 5) is 0.497. The number of aryl methyl sites for hydroxylation is 3. The van der Waals surface area contributed by atoms with Crippen LogP contribution in [0.4, 0.5) is 5.69 Å². The molecule has 6 nitrogen and oxygen atoms in total. The molecule has 0 spiro atoms. The summed E-state index contributed by atoms with van der Waals surface area (Å²) in [5.74, 6) is 0. The predicted octanol–water partition coefficient (Wildman–Crippen LogP) is 4.16. The van der Waals surface area contributed by atoms with Gasteiger partial charge in [-0.25, -0.2) is 16.8 Å². The van der Waals surface area contributed by atoms with Crippen molar-refractivity contribution in [3.05, 3.63) is 88.5 Å². The van der Waals surface area contributed by atoms with E-state index in [0.29, 0.717) is 24.2 Å². The monoisotopic (exact) mass is 470 g/mol. The Hall–Kier alpha value is -2.68. The van der Waals surface area contributed by atoms with Crippen molar-refractivity contribution >= 4 is 25.7 Å². The van der Waals surface area contributed by atoms with E-state index in [2.05, 4.69) is 4.72 Å². The predicted molar refractivity (Wildman–Crippen MR) is 126 cm³/mol. The number of rotatable bonds is 5.